The van der Waals surface area contributed by atoms with Gasteiger partial charge in [0.1, 0.15) is 0 Å². The first-order valence-corrected chi connectivity index (χ1v) is 3.26. The molecule has 13 heavy (non-hydrogen) atoms. The fourth-order valence-corrected chi connectivity index (χ4v) is 0.743. The Bertz CT molecular complexity index is 283. The highest BCUT2D eigenvalue weighted by Gasteiger charge is 2.07. The number of aryl methyl sites for hydroxylation is 1. The first-order chi connectivity index (χ1) is 5.59. The van der Waals surface area contributed by atoms with Gasteiger partial charge < -0.3 is 10.5 Å². The molecular formula is C7H9ClF2N2O. The zero-order chi connectivity index (χ0) is 9.14. The normalized spacial score (nSPS) is 9.54. The molecule has 0 amide bonds. The van der Waals surface area contributed by atoms with E-state index in [9.17, 15) is 8.78 Å². The molecule has 0 aromatic carbocycles. The third-order valence-electron chi connectivity index (χ3n) is 1.25. The molecule has 1 aromatic heterocycles. The Morgan fingerprint density at radius 2 is 2.15 bits per heavy atom. The second-order valence-corrected chi connectivity index (χ2v) is 2.24. The molecule has 74 valence electrons. The van der Waals surface area contributed by atoms with Crippen LogP contribution in [0.4, 0.5) is 14.5 Å². The predicted octanol–water partition coefficient (Wildman–Crippen LogP) is 2.00. The highest BCUT2D eigenvalue weighted by Crippen LogP contribution is 2.22. The van der Waals surface area contributed by atoms with Crippen LogP contribution in [0.1, 0.15) is 5.69 Å². The minimum Gasteiger partial charge on any atom is -0.432 e. The average molecular weight is 211 g/mol. The van der Waals surface area contributed by atoms with Crippen LogP contribution in [0.5, 0.6) is 5.75 Å². The van der Waals surface area contributed by atoms with E-state index in [1.54, 1.807) is 6.92 Å². The van der Waals surface area contributed by atoms with Gasteiger partial charge in [0.15, 0.2) is 5.75 Å². The van der Waals surface area contributed by atoms with Gasteiger partial charge in [0.2, 0.25) is 0 Å². The molecule has 0 bridgehead atoms. The standard InChI is InChI=1S/C7H8F2N2O.ClH/c1-4-2-6(12-7(8)9)5(10)3-11-4;/h2-3,7H,10H2,1H3;1H. The summed E-state index contributed by atoms with van der Waals surface area (Å²) in [5, 5.41) is 0. The van der Waals surface area contributed by atoms with Crippen molar-refractivity contribution in [3.05, 3.63) is 18.0 Å². The van der Waals surface area contributed by atoms with Crippen LogP contribution >= 0.6 is 12.4 Å². The fraction of sp³-hybridized carbons (Fsp3) is 0.286. The van der Waals surface area contributed by atoms with Crippen LogP contribution in [0.3, 0.4) is 0 Å². The first kappa shape index (κ1) is 11.9. The molecule has 1 rings (SSSR count). The number of aromatic nitrogens is 1. The minimum atomic E-state index is -2.85. The van der Waals surface area contributed by atoms with Gasteiger partial charge in [-0.05, 0) is 6.92 Å². The van der Waals surface area contributed by atoms with Crippen molar-refractivity contribution in [3.63, 3.8) is 0 Å². The lowest BCUT2D eigenvalue weighted by atomic mass is 10.3. The molecule has 0 radical (unpaired) electrons. The maximum absolute atomic E-state index is 11.7. The quantitative estimate of drug-likeness (QED) is 0.812. The molecule has 1 aromatic rings. The van der Waals surface area contributed by atoms with Gasteiger partial charge in [-0.15, -0.1) is 12.4 Å². The molecule has 0 saturated carbocycles. The molecule has 0 aliphatic heterocycles. The molecule has 6 heteroatoms. The third kappa shape index (κ3) is 3.42. The number of nitrogens with two attached hydrogens (primary N) is 1. The Hall–Kier alpha value is -1.10. The maximum atomic E-state index is 11.7. The van der Waals surface area contributed by atoms with Gasteiger partial charge in [-0.1, -0.05) is 0 Å². The topological polar surface area (TPSA) is 48.1 Å². The average Bonchev–Trinajstić information content (AvgIpc) is 1.96. The summed E-state index contributed by atoms with van der Waals surface area (Å²) in [6.45, 7) is -1.19. The Balaban J connectivity index is 0.00000144. The molecule has 2 N–H and O–H groups in total. The lowest BCUT2D eigenvalue weighted by molar-refractivity contribution is -0.0494. The van der Waals surface area contributed by atoms with E-state index in [0.29, 0.717) is 5.69 Å². The van der Waals surface area contributed by atoms with E-state index in [2.05, 4.69) is 9.72 Å². The van der Waals surface area contributed by atoms with E-state index in [-0.39, 0.29) is 23.8 Å². The smallest absolute Gasteiger partial charge is 0.387 e. The zero-order valence-electron chi connectivity index (χ0n) is 6.83. The number of nitrogen functional groups attached to an aromatic ring is 1. The van der Waals surface area contributed by atoms with Crippen LogP contribution in [0.15, 0.2) is 12.3 Å². The summed E-state index contributed by atoms with van der Waals surface area (Å²) >= 11 is 0. The Labute approximate surface area is 80.3 Å². The van der Waals surface area contributed by atoms with E-state index in [4.69, 9.17) is 5.73 Å². The molecule has 0 spiro atoms. The number of hydrogen-bond donors (Lipinski definition) is 1. The van der Waals surface area contributed by atoms with Crippen molar-refractivity contribution in [2.24, 2.45) is 0 Å². The third-order valence-corrected chi connectivity index (χ3v) is 1.25. The van der Waals surface area contributed by atoms with Crippen LogP contribution in [-0.4, -0.2) is 11.6 Å². The zero-order valence-corrected chi connectivity index (χ0v) is 7.65. The molecule has 0 fully saturated rings. The van der Waals surface area contributed by atoms with Gasteiger partial charge >= 0.3 is 6.61 Å². The van der Waals surface area contributed by atoms with Crippen molar-refractivity contribution < 1.29 is 13.5 Å². The van der Waals surface area contributed by atoms with Crippen molar-refractivity contribution in [1.29, 1.82) is 0 Å². The van der Waals surface area contributed by atoms with E-state index in [1.165, 1.54) is 12.3 Å². The molecule has 0 saturated heterocycles. The summed E-state index contributed by atoms with van der Waals surface area (Å²) in [4.78, 5) is 3.80. The van der Waals surface area contributed by atoms with Gasteiger partial charge in [-0.3, -0.25) is 4.98 Å². The number of rotatable bonds is 2. The summed E-state index contributed by atoms with van der Waals surface area (Å²) in [5.41, 5.74) is 6.01. The second-order valence-electron chi connectivity index (χ2n) is 2.24. The van der Waals surface area contributed by atoms with Gasteiger partial charge in [0.05, 0.1) is 11.9 Å². The highest BCUT2D eigenvalue weighted by atomic mass is 35.5. The number of hydrogen-bond acceptors (Lipinski definition) is 3. The van der Waals surface area contributed by atoms with Crippen LogP contribution in [0.2, 0.25) is 0 Å². The van der Waals surface area contributed by atoms with Crippen LogP contribution in [0.25, 0.3) is 0 Å². The van der Waals surface area contributed by atoms with Gasteiger partial charge in [0.25, 0.3) is 0 Å². The van der Waals surface area contributed by atoms with Gasteiger partial charge in [-0.25, -0.2) is 0 Å². The van der Waals surface area contributed by atoms with Crippen molar-refractivity contribution in [2.45, 2.75) is 13.5 Å². The largest absolute Gasteiger partial charge is 0.432 e. The summed E-state index contributed by atoms with van der Waals surface area (Å²) < 4.78 is 27.6. The Kier molecular flexibility index (Phi) is 4.40. The van der Waals surface area contributed by atoms with E-state index < -0.39 is 6.61 Å². The van der Waals surface area contributed by atoms with E-state index >= 15 is 0 Å². The van der Waals surface area contributed by atoms with Gasteiger partial charge in [0, 0.05) is 11.8 Å². The SMILES string of the molecule is Cc1cc(OC(F)F)c(N)cn1.Cl. The van der Waals surface area contributed by atoms with Crippen molar-refractivity contribution in [2.75, 3.05) is 5.73 Å². The Morgan fingerprint density at radius 3 is 2.69 bits per heavy atom. The number of halogens is 3. The molecule has 1 heterocycles. The fourth-order valence-electron chi connectivity index (χ4n) is 0.743. The highest BCUT2D eigenvalue weighted by molar-refractivity contribution is 5.85. The van der Waals surface area contributed by atoms with Crippen molar-refractivity contribution in [1.82, 2.24) is 4.98 Å². The summed E-state index contributed by atoms with van der Waals surface area (Å²) in [6.07, 6.45) is 1.28. The lowest BCUT2D eigenvalue weighted by Gasteiger charge is -2.06. The number of anilines is 1. The van der Waals surface area contributed by atoms with Crippen LogP contribution in [0, 0.1) is 6.92 Å². The van der Waals surface area contributed by atoms with Gasteiger partial charge in [-0.2, -0.15) is 8.78 Å². The van der Waals surface area contributed by atoms with Crippen molar-refractivity contribution >= 4 is 18.1 Å². The first-order valence-electron chi connectivity index (χ1n) is 3.26. The number of ether oxygens (including phenoxy) is 1. The summed E-state index contributed by atoms with van der Waals surface area (Å²) in [5.74, 6) is -0.0301. The maximum Gasteiger partial charge on any atom is 0.387 e. The summed E-state index contributed by atoms with van der Waals surface area (Å²) in [6, 6.07) is 1.36. The minimum absolute atomic E-state index is 0. The van der Waals surface area contributed by atoms with Crippen molar-refractivity contribution in [3.8, 4) is 5.75 Å². The number of nitrogens with zero attached hydrogens (tertiary/aromatic N) is 1. The monoisotopic (exact) mass is 210 g/mol. The molecule has 0 unspecified atom stereocenters. The van der Waals surface area contributed by atoms with E-state index in [1.807, 2.05) is 0 Å². The van der Waals surface area contributed by atoms with Crippen LogP contribution < -0.4 is 10.5 Å². The molecular weight excluding hydrogens is 202 g/mol. The predicted molar refractivity (Wildman–Crippen MR) is 47.3 cm³/mol. The Morgan fingerprint density at radius 1 is 1.54 bits per heavy atom. The molecule has 0 atom stereocenters. The summed E-state index contributed by atoms with van der Waals surface area (Å²) in [7, 11) is 0. The number of alkyl halides is 2. The molecule has 0 aliphatic rings. The second kappa shape index (κ2) is 4.81. The lowest BCUT2D eigenvalue weighted by Crippen LogP contribution is -2.05. The van der Waals surface area contributed by atoms with E-state index in [0.717, 1.165) is 0 Å². The molecule has 0 aliphatic carbocycles. The molecule has 3 nitrogen and oxygen atoms in total. The van der Waals surface area contributed by atoms with Crippen LogP contribution in [-0.2, 0) is 0 Å². The number of pyridine rings is 1.